The molecule has 0 amide bonds. The third-order valence-electron chi connectivity index (χ3n) is 3.16. The predicted octanol–water partition coefficient (Wildman–Crippen LogP) is 6.39. The van der Waals surface area contributed by atoms with Crippen molar-refractivity contribution >= 4 is 46.4 Å². The van der Waals surface area contributed by atoms with Gasteiger partial charge < -0.3 is 5.32 Å². The minimum atomic E-state index is -0.124. The Hall–Kier alpha value is -0.440. The first-order valence-corrected chi connectivity index (χ1v) is 8.18. The van der Waals surface area contributed by atoms with Gasteiger partial charge in [-0.05, 0) is 42.3 Å². The summed E-state index contributed by atoms with van der Waals surface area (Å²) < 4.78 is 0. The van der Waals surface area contributed by atoms with E-state index in [1.807, 2.05) is 24.3 Å². The summed E-state index contributed by atoms with van der Waals surface area (Å²) in [5.74, 6) is 0. The van der Waals surface area contributed by atoms with Crippen molar-refractivity contribution in [1.82, 2.24) is 5.32 Å². The second kappa shape index (κ2) is 7.71. The smallest absolute Gasteiger partial charge is 0.0643 e. The maximum absolute atomic E-state index is 6.36. The van der Waals surface area contributed by atoms with Gasteiger partial charge in [-0.15, -0.1) is 0 Å². The average Bonchev–Trinajstić information content (AvgIpc) is 2.45. The average molecular weight is 363 g/mol. The van der Waals surface area contributed by atoms with Gasteiger partial charge in [-0.2, -0.15) is 0 Å². The van der Waals surface area contributed by atoms with E-state index < -0.39 is 0 Å². The minimum Gasteiger partial charge on any atom is -0.306 e. The van der Waals surface area contributed by atoms with Crippen molar-refractivity contribution in [2.24, 2.45) is 0 Å². The van der Waals surface area contributed by atoms with Gasteiger partial charge in [0.25, 0.3) is 0 Å². The van der Waals surface area contributed by atoms with Gasteiger partial charge in [0.05, 0.1) is 16.1 Å². The van der Waals surface area contributed by atoms with Crippen molar-refractivity contribution in [3.8, 4) is 0 Å². The van der Waals surface area contributed by atoms with E-state index in [9.17, 15) is 0 Å². The first kappa shape index (κ1) is 16.9. The molecule has 0 heterocycles. The van der Waals surface area contributed by atoms with Crippen molar-refractivity contribution < 1.29 is 0 Å². The fourth-order valence-corrected chi connectivity index (χ4v) is 3.09. The molecule has 1 nitrogen and oxygen atoms in total. The zero-order valence-electron chi connectivity index (χ0n) is 11.5. The van der Waals surface area contributed by atoms with Crippen LogP contribution in [0.25, 0.3) is 0 Å². The third kappa shape index (κ3) is 4.06. The van der Waals surface area contributed by atoms with E-state index in [0.29, 0.717) is 20.1 Å². The number of hydrogen-bond acceptors (Lipinski definition) is 1. The zero-order chi connectivity index (χ0) is 15.4. The maximum atomic E-state index is 6.36. The van der Waals surface area contributed by atoms with Crippen LogP contribution in [0.1, 0.15) is 30.5 Å². The summed E-state index contributed by atoms with van der Waals surface area (Å²) in [7, 11) is 0. The highest BCUT2D eigenvalue weighted by molar-refractivity contribution is 6.42. The standard InChI is InChI=1S/C16H15Cl4N/c1-2-8-21-16(11-7-6-10(17)9-14(11)19)12-4-3-5-13(18)15(12)20/h3-7,9,16,21H,2,8H2,1H3. The second-order valence-corrected chi connectivity index (χ2v) is 6.32. The fourth-order valence-electron chi connectivity index (χ4n) is 2.16. The van der Waals surface area contributed by atoms with E-state index in [1.165, 1.54) is 0 Å². The lowest BCUT2D eigenvalue weighted by Crippen LogP contribution is -2.23. The Kier molecular flexibility index (Phi) is 6.21. The molecule has 0 fully saturated rings. The lowest BCUT2D eigenvalue weighted by Gasteiger charge is -2.22. The molecule has 5 heteroatoms. The molecule has 1 N–H and O–H groups in total. The molecule has 2 aromatic carbocycles. The summed E-state index contributed by atoms with van der Waals surface area (Å²) in [6.07, 6.45) is 1.000. The first-order chi connectivity index (χ1) is 10.0. The van der Waals surface area contributed by atoms with Crippen LogP contribution in [0.2, 0.25) is 20.1 Å². The Morgan fingerprint density at radius 3 is 2.38 bits per heavy atom. The normalized spacial score (nSPS) is 12.4. The van der Waals surface area contributed by atoms with E-state index in [1.54, 1.807) is 12.1 Å². The summed E-state index contributed by atoms with van der Waals surface area (Å²) in [4.78, 5) is 0. The molecule has 0 saturated heterocycles. The van der Waals surface area contributed by atoms with Crippen molar-refractivity contribution in [2.75, 3.05) is 6.54 Å². The summed E-state index contributed by atoms with van der Waals surface area (Å²) >= 11 is 24.8. The van der Waals surface area contributed by atoms with Crippen LogP contribution < -0.4 is 5.32 Å². The van der Waals surface area contributed by atoms with Gasteiger partial charge in [-0.3, -0.25) is 0 Å². The van der Waals surface area contributed by atoms with Crippen LogP contribution in [0, 0.1) is 0 Å². The van der Waals surface area contributed by atoms with Crippen LogP contribution in [-0.2, 0) is 0 Å². The molecule has 2 aromatic rings. The molecule has 0 bridgehead atoms. The van der Waals surface area contributed by atoms with E-state index in [-0.39, 0.29) is 6.04 Å². The van der Waals surface area contributed by atoms with Gasteiger partial charge in [0.1, 0.15) is 0 Å². The van der Waals surface area contributed by atoms with E-state index in [0.717, 1.165) is 24.1 Å². The van der Waals surface area contributed by atoms with Gasteiger partial charge in [0.15, 0.2) is 0 Å². The van der Waals surface area contributed by atoms with Crippen LogP contribution in [-0.4, -0.2) is 6.54 Å². The van der Waals surface area contributed by atoms with Gasteiger partial charge in [0, 0.05) is 10.0 Å². The molecule has 0 aromatic heterocycles. The summed E-state index contributed by atoms with van der Waals surface area (Å²) in [6, 6.07) is 10.9. The number of halogens is 4. The SMILES string of the molecule is CCCNC(c1ccc(Cl)cc1Cl)c1cccc(Cl)c1Cl. The highest BCUT2D eigenvalue weighted by Gasteiger charge is 2.20. The van der Waals surface area contributed by atoms with Gasteiger partial charge in [-0.1, -0.05) is 71.5 Å². The Morgan fingerprint density at radius 2 is 1.71 bits per heavy atom. The number of benzene rings is 2. The molecule has 0 aliphatic carbocycles. The van der Waals surface area contributed by atoms with Crippen LogP contribution in [0.5, 0.6) is 0 Å². The van der Waals surface area contributed by atoms with Gasteiger partial charge in [0.2, 0.25) is 0 Å². The first-order valence-electron chi connectivity index (χ1n) is 6.66. The third-order valence-corrected chi connectivity index (χ3v) is 4.56. The predicted molar refractivity (Wildman–Crippen MR) is 93.1 cm³/mol. The molecule has 2 rings (SSSR count). The Bertz CT molecular complexity index is 628. The molecule has 0 saturated carbocycles. The Morgan fingerprint density at radius 1 is 0.952 bits per heavy atom. The molecular formula is C16H15Cl4N. The molecular weight excluding hydrogens is 348 g/mol. The van der Waals surface area contributed by atoms with Crippen LogP contribution in [0.4, 0.5) is 0 Å². The lowest BCUT2D eigenvalue weighted by atomic mass is 9.98. The molecule has 112 valence electrons. The van der Waals surface area contributed by atoms with E-state index in [4.69, 9.17) is 46.4 Å². The van der Waals surface area contributed by atoms with Crippen molar-refractivity contribution in [2.45, 2.75) is 19.4 Å². The highest BCUT2D eigenvalue weighted by atomic mass is 35.5. The molecule has 0 radical (unpaired) electrons. The van der Waals surface area contributed by atoms with Crippen LogP contribution >= 0.6 is 46.4 Å². The molecule has 0 aliphatic heterocycles. The maximum Gasteiger partial charge on any atom is 0.0643 e. The molecule has 0 spiro atoms. The highest BCUT2D eigenvalue weighted by Crippen LogP contribution is 2.36. The second-order valence-electron chi connectivity index (χ2n) is 4.70. The van der Waals surface area contributed by atoms with E-state index >= 15 is 0 Å². The number of rotatable bonds is 5. The van der Waals surface area contributed by atoms with Gasteiger partial charge >= 0.3 is 0 Å². The van der Waals surface area contributed by atoms with Crippen molar-refractivity contribution in [3.05, 3.63) is 67.6 Å². The topological polar surface area (TPSA) is 12.0 Å². The summed E-state index contributed by atoms with van der Waals surface area (Å²) in [5, 5.41) is 5.74. The van der Waals surface area contributed by atoms with Gasteiger partial charge in [-0.25, -0.2) is 0 Å². The largest absolute Gasteiger partial charge is 0.306 e. The molecule has 1 unspecified atom stereocenters. The van der Waals surface area contributed by atoms with Crippen LogP contribution in [0.15, 0.2) is 36.4 Å². The minimum absolute atomic E-state index is 0.124. The summed E-state index contributed by atoms with van der Waals surface area (Å²) in [5.41, 5.74) is 1.83. The molecule has 1 atom stereocenters. The quantitative estimate of drug-likeness (QED) is 0.649. The summed E-state index contributed by atoms with van der Waals surface area (Å²) in [6.45, 7) is 2.94. The number of hydrogen-bond donors (Lipinski definition) is 1. The van der Waals surface area contributed by atoms with Crippen molar-refractivity contribution in [3.63, 3.8) is 0 Å². The van der Waals surface area contributed by atoms with Crippen molar-refractivity contribution in [1.29, 1.82) is 0 Å². The molecule has 21 heavy (non-hydrogen) atoms. The monoisotopic (exact) mass is 361 g/mol. The lowest BCUT2D eigenvalue weighted by molar-refractivity contribution is 0.599. The number of nitrogens with one attached hydrogen (secondary N) is 1. The zero-order valence-corrected chi connectivity index (χ0v) is 14.5. The van der Waals surface area contributed by atoms with Crippen LogP contribution in [0.3, 0.4) is 0 Å². The Balaban J connectivity index is 2.49. The molecule has 0 aliphatic rings. The fraction of sp³-hybridized carbons (Fsp3) is 0.250. The Labute approximate surface area is 145 Å². The van der Waals surface area contributed by atoms with E-state index in [2.05, 4.69) is 12.2 Å².